The number of allylic oxidation sites excluding steroid dienone is 2. The molecule has 1 unspecified atom stereocenters. The van der Waals surface area contributed by atoms with Crippen LogP contribution in [0, 0.1) is 5.92 Å². The fourth-order valence-corrected chi connectivity index (χ4v) is 1.96. The highest BCUT2D eigenvalue weighted by molar-refractivity contribution is 7.44. The third kappa shape index (κ3) is 4.76. The molecule has 1 N–H and O–H groups in total. The lowest BCUT2D eigenvalue weighted by molar-refractivity contribution is -0.219. The lowest BCUT2D eigenvalue weighted by Crippen LogP contribution is -2.11. The van der Waals surface area contributed by atoms with Crippen molar-refractivity contribution in [3.63, 3.8) is 0 Å². The zero-order chi connectivity index (χ0) is 11.5. The molecule has 1 aliphatic rings. The third-order valence-electron chi connectivity index (χ3n) is 2.61. The van der Waals surface area contributed by atoms with Crippen molar-refractivity contribution in [2.24, 2.45) is 5.92 Å². The van der Waals surface area contributed by atoms with Gasteiger partial charge in [-0.1, -0.05) is 18.2 Å². The summed E-state index contributed by atoms with van der Waals surface area (Å²) in [5.41, 5.74) is 2.08. The van der Waals surface area contributed by atoms with E-state index in [1.54, 1.807) is 0 Å². The van der Waals surface area contributed by atoms with Gasteiger partial charge in [-0.3, -0.25) is 4.57 Å². The first-order chi connectivity index (χ1) is 6.88. The molecule has 0 saturated carbocycles. The Bertz CT molecular complexity index is 315. The highest BCUT2D eigenvalue weighted by atomic mass is 31.2. The van der Waals surface area contributed by atoms with Gasteiger partial charge in [-0.15, -0.1) is 0 Å². The van der Waals surface area contributed by atoms with Crippen LogP contribution in [0.5, 0.6) is 0 Å². The van der Waals surface area contributed by atoms with Gasteiger partial charge in [-0.2, -0.15) is 0 Å². The Hall–Kier alpha value is -0.410. The van der Waals surface area contributed by atoms with Crippen molar-refractivity contribution in [3.8, 4) is 0 Å². The van der Waals surface area contributed by atoms with Gasteiger partial charge >= 0.3 is 0 Å². The molecule has 15 heavy (non-hydrogen) atoms. The second kappa shape index (κ2) is 5.08. The third-order valence-corrected chi connectivity index (χ3v) is 3.07. The first-order valence-electron chi connectivity index (χ1n) is 4.90. The summed E-state index contributed by atoms with van der Waals surface area (Å²) in [5.74, 6) is 0.488. The van der Waals surface area contributed by atoms with Crippen molar-refractivity contribution < 1.29 is 18.9 Å². The smallest absolute Gasteiger partial charge is 0.265 e. The molecule has 0 bridgehead atoms. The SMILES string of the molecule is C=C(C)[C@H]1CC=C(COP(=O)([O-])O)CC1. The van der Waals surface area contributed by atoms with Gasteiger partial charge in [-0.05, 0) is 37.7 Å². The number of hydrogen-bond acceptors (Lipinski definition) is 3. The van der Waals surface area contributed by atoms with Crippen LogP contribution >= 0.6 is 7.82 Å². The van der Waals surface area contributed by atoms with Crippen LogP contribution in [0.2, 0.25) is 0 Å². The summed E-state index contributed by atoms with van der Waals surface area (Å²) in [4.78, 5) is 18.8. The number of phosphoric acid groups is 1. The maximum absolute atomic E-state index is 10.4. The monoisotopic (exact) mass is 231 g/mol. The van der Waals surface area contributed by atoms with Crippen LogP contribution in [0.4, 0.5) is 0 Å². The summed E-state index contributed by atoms with van der Waals surface area (Å²) in [7, 11) is -4.58. The van der Waals surface area contributed by atoms with Crippen molar-refractivity contribution in [1.29, 1.82) is 0 Å². The molecule has 0 saturated heterocycles. The van der Waals surface area contributed by atoms with Gasteiger partial charge in [0.1, 0.15) is 0 Å². The number of rotatable bonds is 4. The molecule has 0 aromatic heterocycles. The summed E-state index contributed by atoms with van der Waals surface area (Å²) in [6.07, 6.45) is 4.62. The molecule has 5 heteroatoms. The molecule has 1 aliphatic carbocycles. The van der Waals surface area contributed by atoms with Crippen molar-refractivity contribution in [2.45, 2.75) is 26.2 Å². The highest BCUT2D eigenvalue weighted by Gasteiger charge is 2.15. The maximum Gasteiger partial charge on any atom is 0.265 e. The first kappa shape index (κ1) is 12.7. The summed E-state index contributed by atoms with van der Waals surface area (Å²) in [6.45, 7) is 5.87. The van der Waals surface area contributed by atoms with Gasteiger partial charge in [0.05, 0.1) is 6.61 Å². The Morgan fingerprint density at radius 2 is 2.53 bits per heavy atom. The molecule has 0 heterocycles. The lowest BCUT2D eigenvalue weighted by Gasteiger charge is -2.23. The molecule has 0 spiro atoms. The second-order valence-corrected chi connectivity index (χ2v) is 5.12. The lowest BCUT2D eigenvalue weighted by atomic mass is 9.86. The van der Waals surface area contributed by atoms with Crippen molar-refractivity contribution in [1.82, 2.24) is 0 Å². The topological polar surface area (TPSA) is 69.6 Å². The Balaban J connectivity index is 2.41. The van der Waals surface area contributed by atoms with E-state index in [2.05, 4.69) is 11.1 Å². The molecule has 0 aromatic carbocycles. The first-order valence-corrected chi connectivity index (χ1v) is 6.39. The van der Waals surface area contributed by atoms with Crippen molar-refractivity contribution in [3.05, 3.63) is 23.8 Å². The van der Waals surface area contributed by atoms with Crippen LogP contribution in [0.25, 0.3) is 0 Å². The van der Waals surface area contributed by atoms with Crippen LogP contribution in [-0.2, 0) is 9.09 Å². The molecule has 0 radical (unpaired) electrons. The predicted octanol–water partition coefficient (Wildman–Crippen LogP) is 1.77. The molecule has 2 atom stereocenters. The summed E-state index contributed by atoms with van der Waals surface area (Å²) < 4.78 is 14.7. The van der Waals surface area contributed by atoms with E-state index < -0.39 is 7.82 Å². The summed E-state index contributed by atoms with van der Waals surface area (Å²) in [5, 5.41) is 0. The predicted molar refractivity (Wildman–Crippen MR) is 56.0 cm³/mol. The quantitative estimate of drug-likeness (QED) is 0.591. The summed E-state index contributed by atoms with van der Waals surface area (Å²) >= 11 is 0. The van der Waals surface area contributed by atoms with Gasteiger partial charge < -0.3 is 14.3 Å². The molecule has 0 amide bonds. The summed E-state index contributed by atoms with van der Waals surface area (Å²) in [6, 6.07) is 0. The van der Waals surface area contributed by atoms with Gasteiger partial charge in [0.2, 0.25) is 0 Å². The highest BCUT2D eigenvalue weighted by Crippen LogP contribution is 2.34. The van der Waals surface area contributed by atoms with E-state index >= 15 is 0 Å². The molecule has 4 nitrogen and oxygen atoms in total. The van der Waals surface area contributed by atoms with Gasteiger partial charge in [-0.25, -0.2) is 0 Å². The Morgan fingerprint density at radius 3 is 2.93 bits per heavy atom. The fourth-order valence-electron chi connectivity index (χ4n) is 1.63. The van der Waals surface area contributed by atoms with Crippen LogP contribution in [0.15, 0.2) is 23.8 Å². The minimum atomic E-state index is -4.58. The van der Waals surface area contributed by atoms with Gasteiger partial charge in [0.15, 0.2) is 0 Å². The minimum Gasteiger partial charge on any atom is -0.756 e. The molecule has 86 valence electrons. The minimum absolute atomic E-state index is 0.0276. The van der Waals surface area contributed by atoms with E-state index in [1.807, 2.05) is 13.0 Å². The van der Waals surface area contributed by atoms with Crippen LogP contribution in [0.1, 0.15) is 26.2 Å². The Labute approximate surface area is 89.9 Å². The second-order valence-electron chi connectivity index (χ2n) is 3.92. The van der Waals surface area contributed by atoms with E-state index in [4.69, 9.17) is 4.89 Å². The Kier molecular flexibility index (Phi) is 4.29. The van der Waals surface area contributed by atoms with E-state index in [9.17, 15) is 9.46 Å². The molecular formula is C10H16O4P-. The van der Waals surface area contributed by atoms with E-state index in [1.165, 1.54) is 0 Å². The van der Waals surface area contributed by atoms with Crippen LogP contribution in [-0.4, -0.2) is 11.5 Å². The molecular weight excluding hydrogens is 215 g/mol. The fraction of sp³-hybridized carbons (Fsp3) is 0.600. The molecule has 1 rings (SSSR count). The van der Waals surface area contributed by atoms with Crippen LogP contribution < -0.4 is 4.89 Å². The average Bonchev–Trinajstić information content (AvgIpc) is 2.14. The molecule has 0 aliphatic heterocycles. The largest absolute Gasteiger partial charge is 0.756 e. The molecule has 0 fully saturated rings. The zero-order valence-electron chi connectivity index (χ0n) is 8.81. The van der Waals surface area contributed by atoms with E-state index in [-0.39, 0.29) is 6.61 Å². The normalized spacial score (nSPS) is 25.5. The van der Waals surface area contributed by atoms with Crippen molar-refractivity contribution in [2.75, 3.05) is 6.61 Å². The van der Waals surface area contributed by atoms with Gasteiger partial charge in [0.25, 0.3) is 7.82 Å². The van der Waals surface area contributed by atoms with Crippen molar-refractivity contribution >= 4 is 7.82 Å². The Morgan fingerprint density at radius 1 is 1.87 bits per heavy atom. The standard InChI is InChI=1S/C10H17O4P/c1-8(2)10-5-3-9(4-6-10)7-14-15(11,12)13/h3,10H,1,4-7H2,2H3,(H2,11,12,13)/p-1/t10-/m0/s1. The maximum atomic E-state index is 10.4. The van der Waals surface area contributed by atoms with Crippen LogP contribution in [0.3, 0.4) is 0 Å². The number of hydrogen-bond donors (Lipinski definition) is 1. The van der Waals surface area contributed by atoms with E-state index in [0.29, 0.717) is 5.92 Å². The molecule has 0 aromatic rings. The number of phosphoric ester groups is 1. The average molecular weight is 231 g/mol. The van der Waals surface area contributed by atoms with Gasteiger partial charge in [0, 0.05) is 0 Å². The zero-order valence-corrected chi connectivity index (χ0v) is 9.70. The van der Waals surface area contributed by atoms with E-state index in [0.717, 1.165) is 30.4 Å².